The number of amides is 2. The number of urea groups is 1. The predicted molar refractivity (Wildman–Crippen MR) is 95.9 cm³/mol. The highest BCUT2D eigenvalue weighted by atomic mass is 16.6. The monoisotopic (exact) mass is 353 g/mol. The van der Waals surface area contributed by atoms with E-state index >= 15 is 0 Å². The predicted octanol–water partition coefficient (Wildman–Crippen LogP) is 3.47. The van der Waals surface area contributed by atoms with Crippen LogP contribution in [0.25, 0.3) is 0 Å². The van der Waals surface area contributed by atoms with Gasteiger partial charge >= 0.3 is 6.03 Å². The molecule has 2 aromatic carbocycles. The van der Waals surface area contributed by atoms with Gasteiger partial charge in [0.2, 0.25) is 0 Å². The summed E-state index contributed by atoms with van der Waals surface area (Å²) in [5, 5.41) is 14.1. The number of allylic oxidation sites excluding steroid dienone is 1. The van der Waals surface area contributed by atoms with E-state index in [1.807, 2.05) is 30.3 Å². The van der Waals surface area contributed by atoms with Crippen molar-refractivity contribution in [2.45, 2.75) is 19.6 Å². The van der Waals surface area contributed by atoms with E-state index in [-0.39, 0.29) is 11.7 Å². The summed E-state index contributed by atoms with van der Waals surface area (Å²) in [5.74, 6) is 0.653. The number of carbonyl (C=O) groups is 1. The number of hydrogen-bond donors (Lipinski definition) is 1. The molecule has 7 nitrogen and oxygen atoms in total. The Morgan fingerprint density at radius 1 is 1.15 bits per heavy atom. The molecule has 134 valence electrons. The minimum atomic E-state index is -0.795. The molecule has 0 saturated carbocycles. The Kier molecular flexibility index (Phi) is 4.88. The van der Waals surface area contributed by atoms with Crippen LogP contribution in [0.3, 0.4) is 0 Å². The molecule has 1 atom stereocenters. The third-order valence-electron chi connectivity index (χ3n) is 4.38. The highest BCUT2D eigenvalue weighted by Gasteiger charge is 2.37. The minimum absolute atomic E-state index is 0.0370. The molecule has 0 spiro atoms. The van der Waals surface area contributed by atoms with Gasteiger partial charge in [-0.15, -0.1) is 0 Å². The Morgan fingerprint density at radius 2 is 1.81 bits per heavy atom. The van der Waals surface area contributed by atoms with E-state index < -0.39 is 11.0 Å². The molecule has 7 heteroatoms. The fourth-order valence-corrected chi connectivity index (χ4v) is 2.80. The van der Waals surface area contributed by atoms with Crippen LogP contribution in [0.1, 0.15) is 24.1 Å². The third kappa shape index (κ3) is 3.51. The van der Waals surface area contributed by atoms with E-state index in [1.54, 1.807) is 31.2 Å². The molecule has 26 heavy (non-hydrogen) atoms. The van der Waals surface area contributed by atoms with Crippen molar-refractivity contribution in [2.75, 3.05) is 7.05 Å². The average Bonchev–Trinajstić information content (AvgIpc) is 2.65. The molecule has 1 N–H and O–H groups in total. The lowest BCUT2D eigenvalue weighted by atomic mass is 10.0. The van der Waals surface area contributed by atoms with E-state index in [0.717, 1.165) is 5.56 Å². The van der Waals surface area contributed by atoms with Crippen LogP contribution in [0.5, 0.6) is 5.75 Å². The van der Waals surface area contributed by atoms with Gasteiger partial charge in [0.1, 0.15) is 18.4 Å². The summed E-state index contributed by atoms with van der Waals surface area (Å²) >= 11 is 0. The van der Waals surface area contributed by atoms with Crippen LogP contribution in [0, 0.1) is 10.1 Å². The smallest absolute Gasteiger partial charge is 0.322 e. The number of nitrogens with zero attached hydrogens (tertiary/aromatic N) is 2. The van der Waals surface area contributed by atoms with Crippen LogP contribution in [0.15, 0.2) is 66.0 Å². The normalized spacial score (nSPS) is 17.1. The molecule has 3 rings (SSSR count). The first-order valence-electron chi connectivity index (χ1n) is 8.13. The molecule has 0 aliphatic carbocycles. The molecule has 0 saturated heterocycles. The molecule has 1 heterocycles. The van der Waals surface area contributed by atoms with Crippen molar-refractivity contribution in [3.05, 3.63) is 87.2 Å². The maximum atomic E-state index is 12.0. The van der Waals surface area contributed by atoms with Gasteiger partial charge in [0.05, 0.1) is 10.6 Å². The molecule has 2 amide bonds. The van der Waals surface area contributed by atoms with Gasteiger partial charge in [-0.1, -0.05) is 42.5 Å². The van der Waals surface area contributed by atoms with E-state index in [1.165, 1.54) is 11.9 Å². The number of carbonyl (C=O) groups excluding carboxylic acids is 1. The second kappa shape index (κ2) is 7.26. The zero-order valence-electron chi connectivity index (χ0n) is 14.5. The summed E-state index contributed by atoms with van der Waals surface area (Å²) in [6.07, 6.45) is 0. The van der Waals surface area contributed by atoms with E-state index in [4.69, 9.17) is 4.74 Å². The van der Waals surface area contributed by atoms with Gasteiger partial charge in [0.25, 0.3) is 5.70 Å². The van der Waals surface area contributed by atoms with Crippen molar-refractivity contribution >= 4 is 6.03 Å². The minimum Gasteiger partial charge on any atom is -0.489 e. The van der Waals surface area contributed by atoms with Crippen LogP contribution in [0.4, 0.5) is 4.79 Å². The van der Waals surface area contributed by atoms with Gasteiger partial charge in [-0.3, -0.25) is 15.0 Å². The Hall–Kier alpha value is -3.35. The van der Waals surface area contributed by atoms with Gasteiger partial charge in [-0.2, -0.15) is 0 Å². The average molecular weight is 353 g/mol. The maximum absolute atomic E-state index is 12.0. The second-order valence-corrected chi connectivity index (χ2v) is 6.01. The molecule has 0 radical (unpaired) electrons. The van der Waals surface area contributed by atoms with E-state index in [0.29, 0.717) is 23.6 Å². The molecule has 0 bridgehead atoms. The number of benzene rings is 2. The number of nitrogens with one attached hydrogen (secondary N) is 1. The topological polar surface area (TPSA) is 84.7 Å². The fourth-order valence-electron chi connectivity index (χ4n) is 2.80. The Balaban J connectivity index is 1.79. The van der Waals surface area contributed by atoms with Crippen molar-refractivity contribution < 1.29 is 14.5 Å². The van der Waals surface area contributed by atoms with Gasteiger partial charge in [0, 0.05) is 7.05 Å². The Morgan fingerprint density at radius 3 is 2.42 bits per heavy atom. The lowest BCUT2D eigenvalue weighted by Crippen LogP contribution is -2.45. The van der Waals surface area contributed by atoms with Crippen molar-refractivity contribution in [2.24, 2.45) is 0 Å². The zero-order valence-corrected chi connectivity index (χ0v) is 14.5. The largest absolute Gasteiger partial charge is 0.489 e. The quantitative estimate of drug-likeness (QED) is 0.659. The standard InChI is InChI=1S/C19H19N3O4/c1-13-18(22(24)25)17(20-19(23)21(13)2)15-8-10-16(11-9-15)26-12-14-6-4-3-5-7-14/h3-11,17H,12H2,1-2H3,(H,20,23). The molecular formula is C19H19N3O4. The van der Waals surface area contributed by atoms with Crippen LogP contribution in [-0.2, 0) is 6.61 Å². The molecule has 2 aromatic rings. The van der Waals surface area contributed by atoms with Crippen LogP contribution in [-0.4, -0.2) is 22.9 Å². The Bertz CT molecular complexity index is 847. The van der Waals surface area contributed by atoms with Crippen molar-refractivity contribution in [1.82, 2.24) is 10.2 Å². The van der Waals surface area contributed by atoms with Crippen molar-refractivity contribution in [1.29, 1.82) is 0 Å². The molecule has 1 aliphatic heterocycles. The molecular weight excluding hydrogens is 334 g/mol. The molecule has 0 aromatic heterocycles. The number of nitro groups is 1. The van der Waals surface area contributed by atoms with Crippen LogP contribution >= 0.6 is 0 Å². The van der Waals surface area contributed by atoms with Gasteiger partial charge in [-0.25, -0.2) is 4.79 Å². The lowest BCUT2D eigenvalue weighted by molar-refractivity contribution is -0.433. The van der Waals surface area contributed by atoms with Gasteiger partial charge < -0.3 is 10.1 Å². The number of hydrogen-bond acceptors (Lipinski definition) is 4. The van der Waals surface area contributed by atoms with Crippen LogP contribution < -0.4 is 10.1 Å². The molecule has 1 aliphatic rings. The summed E-state index contributed by atoms with van der Waals surface area (Å²) in [7, 11) is 1.50. The van der Waals surface area contributed by atoms with Crippen LogP contribution in [0.2, 0.25) is 0 Å². The maximum Gasteiger partial charge on any atom is 0.322 e. The first-order chi connectivity index (χ1) is 12.5. The highest BCUT2D eigenvalue weighted by Crippen LogP contribution is 2.30. The SMILES string of the molecule is CC1=C([N+](=O)[O-])C(c2ccc(OCc3ccccc3)cc2)NC(=O)N1C. The third-order valence-corrected chi connectivity index (χ3v) is 4.38. The molecule has 0 fully saturated rings. The first-order valence-corrected chi connectivity index (χ1v) is 8.13. The zero-order chi connectivity index (χ0) is 18.7. The number of ether oxygens (including phenoxy) is 1. The van der Waals surface area contributed by atoms with Crippen molar-refractivity contribution in [3.63, 3.8) is 0 Å². The summed E-state index contributed by atoms with van der Waals surface area (Å²) in [6, 6.07) is 15.6. The van der Waals surface area contributed by atoms with Gasteiger partial charge in [-0.05, 0) is 30.2 Å². The highest BCUT2D eigenvalue weighted by molar-refractivity contribution is 5.78. The first kappa shape index (κ1) is 17.5. The van der Waals surface area contributed by atoms with E-state index in [2.05, 4.69) is 5.32 Å². The number of rotatable bonds is 5. The van der Waals surface area contributed by atoms with Crippen molar-refractivity contribution in [3.8, 4) is 5.75 Å². The second-order valence-electron chi connectivity index (χ2n) is 6.01. The fraction of sp³-hybridized carbons (Fsp3) is 0.211. The van der Waals surface area contributed by atoms with Gasteiger partial charge in [0.15, 0.2) is 0 Å². The van der Waals surface area contributed by atoms with E-state index in [9.17, 15) is 14.9 Å². The summed E-state index contributed by atoms with van der Waals surface area (Å²) < 4.78 is 5.73. The summed E-state index contributed by atoms with van der Waals surface area (Å²) in [4.78, 5) is 24.3. The molecule has 1 unspecified atom stereocenters. The lowest BCUT2D eigenvalue weighted by Gasteiger charge is -2.29. The Labute approximate surface area is 151 Å². The summed E-state index contributed by atoms with van der Waals surface area (Å²) in [5.41, 5.74) is 1.97. The summed E-state index contributed by atoms with van der Waals surface area (Å²) in [6.45, 7) is 2.01.